The van der Waals surface area contributed by atoms with Gasteiger partial charge in [-0.05, 0) is 32.0 Å². The van der Waals surface area contributed by atoms with Crippen molar-refractivity contribution in [2.24, 2.45) is 0 Å². The Balaban J connectivity index is 2.62. The Labute approximate surface area is 108 Å². The first-order chi connectivity index (χ1) is 8.45. The summed E-state index contributed by atoms with van der Waals surface area (Å²) in [5, 5.41) is 2.61. The highest BCUT2D eigenvalue weighted by atomic mass is 16.1. The predicted molar refractivity (Wildman–Crippen MR) is 73.1 cm³/mol. The summed E-state index contributed by atoms with van der Waals surface area (Å²) in [5.74, 6) is 0.0509. The second-order valence-electron chi connectivity index (χ2n) is 4.59. The van der Waals surface area contributed by atoms with Gasteiger partial charge in [0.1, 0.15) is 0 Å². The molecule has 0 aliphatic heterocycles. The van der Waals surface area contributed by atoms with E-state index in [2.05, 4.69) is 15.2 Å². The van der Waals surface area contributed by atoms with Crippen molar-refractivity contribution >= 4 is 11.6 Å². The van der Waals surface area contributed by atoms with E-state index in [1.54, 1.807) is 13.2 Å². The fraction of sp³-hybridized carbons (Fsp3) is 0.538. The number of rotatable bonds is 5. The lowest BCUT2D eigenvalue weighted by Crippen LogP contribution is -2.26. The highest BCUT2D eigenvalue weighted by Gasteiger charge is 2.09. The molecule has 100 valence electrons. The molecule has 1 aromatic heterocycles. The molecule has 1 heterocycles. The molecular formula is C13H22N4O. The molecule has 0 radical (unpaired) electrons. The van der Waals surface area contributed by atoms with E-state index in [4.69, 9.17) is 5.73 Å². The second-order valence-corrected chi connectivity index (χ2v) is 4.59. The highest BCUT2D eigenvalue weighted by Crippen LogP contribution is 2.18. The van der Waals surface area contributed by atoms with E-state index in [0.717, 1.165) is 22.5 Å². The van der Waals surface area contributed by atoms with E-state index in [1.165, 1.54) is 0 Å². The Kier molecular flexibility index (Phi) is 5.09. The Morgan fingerprint density at radius 3 is 2.78 bits per heavy atom. The van der Waals surface area contributed by atoms with Crippen LogP contribution in [0.15, 0.2) is 6.20 Å². The normalized spacial score (nSPS) is 10.7. The third-order valence-electron chi connectivity index (χ3n) is 3.09. The third-order valence-corrected chi connectivity index (χ3v) is 3.09. The molecule has 3 N–H and O–H groups in total. The summed E-state index contributed by atoms with van der Waals surface area (Å²) in [5.41, 5.74) is 9.79. The van der Waals surface area contributed by atoms with E-state index in [-0.39, 0.29) is 5.91 Å². The smallest absolute Gasteiger partial charge is 0.221 e. The maximum absolute atomic E-state index is 11.2. The maximum Gasteiger partial charge on any atom is 0.221 e. The lowest BCUT2D eigenvalue weighted by molar-refractivity contribution is -0.120. The van der Waals surface area contributed by atoms with Crippen molar-refractivity contribution in [3.63, 3.8) is 0 Å². The summed E-state index contributed by atoms with van der Waals surface area (Å²) >= 11 is 0. The van der Waals surface area contributed by atoms with Crippen LogP contribution in [0.3, 0.4) is 0 Å². The van der Waals surface area contributed by atoms with Crippen LogP contribution < -0.4 is 11.1 Å². The van der Waals surface area contributed by atoms with Crippen LogP contribution in [0, 0.1) is 13.8 Å². The maximum atomic E-state index is 11.2. The molecule has 0 unspecified atom stereocenters. The number of nitrogens with one attached hydrogen (secondary N) is 1. The van der Waals surface area contributed by atoms with Crippen molar-refractivity contribution in [2.75, 3.05) is 26.4 Å². The number of aryl methyl sites for hydroxylation is 1. The summed E-state index contributed by atoms with van der Waals surface area (Å²) in [6.07, 6.45) is 2.29. The van der Waals surface area contributed by atoms with Gasteiger partial charge in [-0.25, -0.2) is 0 Å². The number of carbonyl (C=O) groups excluding carboxylic acids is 1. The van der Waals surface area contributed by atoms with Gasteiger partial charge >= 0.3 is 0 Å². The van der Waals surface area contributed by atoms with Gasteiger partial charge in [0.15, 0.2) is 0 Å². The number of hydrogen-bond donors (Lipinski definition) is 2. The number of hydrogen-bond acceptors (Lipinski definition) is 4. The number of anilines is 1. The van der Waals surface area contributed by atoms with E-state index in [1.807, 2.05) is 20.9 Å². The van der Waals surface area contributed by atoms with Gasteiger partial charge in [0, 0.05) is 38.4 Å². The molecule has 0 spiro atoms. The van der Waals surface area contributed by atoms with Crippen LogP contribution in [-0.4, -0.2) is 36.4 Å². The van der Waals surface area contributed by atoms with E-state index >= 15 is 0 Å². The molecule has 5 heteroatoms. The number of aromatic nitrogens is 1. The van der Waals surface area contributed by atoms with Crippen molar-refractivity contribution in [1.29, 1.82) is 0 Å². The quantitative estimate of drug-likeness (QED) is 0.812. The molecule has 0 aliphatic carbocycles. The molecule has 0 bridgehead atoms. The van der Waals surface area contributed by atoms with Crippen LogP contribution in [-0.2, 0) is 11.3 Å². The van der Waals surface area contributed by atoms with Gasteiger partial charge in [-0.3, -0.25) is 9.78 Å². The van der Waals surface area contributed by atoms with Crippen molar-refractivity contribution in [1.82, 2.24) is 15.2 Å². The number of carbonyl (C=O) groups is 1. The highest BCUT2D eigenvalue weighted by molar-refractivity contribution is 5.75. The van der Waals surface area contributed by atoms with Crippen LogP contribution >= 0.6 is 0 Å². The Morgan fingerprint density at radius 2 is 2.17 bits per heavy atom. The molecule has 0 fully saturated rings. The van der Waals surface area contributed by atoms with Crippen molar-refractivity contribution in [3.8, 4) is 0 Å². The molecule has 1 aromatic rings. The summed E-state index contributed by atoms with van der Waals surface area (Å²) in [6.45, 7) is 5.34. The zero-order valence-electron chi connectivity index (χ0n) is 11.6. The number of nitrogens with two attached hydrogens (primary N) is 1. The molecular weight excluding hydrogens is 228 g/mol. The first-order valence-corrected chi connectivity index (χ1v) is 6.05. The third kappa shape index (κ3) is 3.70. The molecule has 0 aliphatic rings. The molecule has 1 rings (SSSR count). The SMILES string of the molecule is CNC(=O)CCN(C)Cc1ncc(C)c(N)c1C. The average molecular weight is 250 g/mol. The Bertz CT molecular complexity index is 431. The average Bonchev–Trinajstić information content (AvgIpc) is 2.36. The molecule has 5 nitrogen and oxygen atoms in total. The minimum Gasteiger partial charge on any atom is -0.398 e. The summed E-state index contributed by atoms with van der Waals surface area (Å²) < 4.78 is 0. The number of nitrogens with zero attached hydrogens (tertiary/aromatic N) is 2. The second kappa shape index (κ2) is 6.35. The summed E-state index contributed by atoms with van der Waals surface area (Å²) in [7, 11) is 3.62. The summed E-state index contributed by atoms with van der Waals surface area (Å²) in [6, 6.07) is 0. The van der Waals surface area contributed by atoms with Gasteiger partial charge in [-0.2, -0.15) is 0 Å². The first kappa shape index (κ1) is 14.4. The fourth-order valence-electron chi connectivity index (χ4n) is 1.70. The first-order valence-electron chi connectivity index (χ1n) is 6.05. The van der Waals surface area contributed by atoms with Crippen LogP contribution in [0.1, 0.15) is 23.2 Å². The number of pyridine rings is 1. The molecule has 0 atom stereocenters. The predicted octanol–water partition coefficient (Wildman–Crippen LogP) is 0.849. The Hall–Kier alpha value is -1.62. The van der Waals surface area contributed by atoms with Crippen molar-refractivity contribution < 1.29 is 4.79 Å². The van der Waals surface area contributed by atoms with Crippen LogP contribution in [0.5, 0.6) is 0 Å². The minimum absolute atomic E-state index is 0.0509. The molecule has 0 saturated heterocycles. The van der Waals surface area contributed by atoms with Gasteiger partial charge in [0.05, 0.1) is 5.69 Å². The molecule has 18 heavy (non-hydrogen) atoms. The van der Waals surface area contributed by atoms with Crippen molar-refractivity contribution in [2.45, 2.75) is 26.8 Å². The van der Waals surface area contributed by atoms with Gasteiger partial charge in [0.25, 0.3) is 0 Å². The molecule has 0 aromatic carbocycles. The van der Waals surface area contributed by atoms with Crippen LogP contribution in [0.25, 0.3) is 0 Å². The van der Waals surface area contributed by atoms with E-state index in [9.17, 15) is 4.79 Å². The lowest BCUT2D eigenvalue weighted by Gasteiger charge is -2.18. The minimum atomic E-state index is 0.0509. The van der Waals surface area contributed by atoms with Gasteiger partial charge in [0.2, 0.25) is 5.91 Å². The standard InChI is InChI=1S/C13H22N4O/c1-9-7-16-11(10(2)13(9)14)8-17(4)6-5-12(18)15-3/h7H,5-6,8H2,1-4H3,(H2,14,16)(H,15,18). The fourth-order valence-corrected chi connectivity index (χ4v) is 1.70. The molecule has 0 saturated carbocycles. The van der Waals surface area contributed by atoms with E-state index in [0.29, 0.717) is 19.5 Å². The molecule has 1 amide bonds. The topological polar surface area (TPSA) is 71.2 Å². The number of nitrogen functional groups attached to an aromatic ring is 1. The van der Waals surface area contributed by atoms with Gasteiger partial charge in [-0.1, -0.05) is 0 Å². The van der Waals surface area contributed by atoms with Crippen molar-refractivity contribution in [3.05, 3.63) is 23.0 Å². The largest absolute Gasteiger partial charge is 0.398 e. The van der Waals surface area contributed by atoms with Gasteiger partial charge < -0.3 is 16.0 Å². The van der Waals surface area contributed by atoms with E-state index < -0.39 is 0 Å². The zero-order valence-corrected chi connectivity index (χ0v) is 11.6. The Morgan fingerprint density at radius 1 is 1.50 bits per heavy atom. The van der Waals surface area contributed by atoms with Crippen LogP contribution in [0.4, 0.5) is 5.69 Å². The lowest BCUT2D eigenvalue weighted by atomic mass is 10.1. The summed E-state index contributed by atoms with van der Waals surface area (Å²) in [4.78, 5) is 17.6. The number of amides is 1. The monoisotopic (exact) mass is 250 g/mol. The van der Waals surface area contributed by atoms with Crippen LogP contribution in [0.2, 0.25) is 0 Å². The zero-order chi connectivity index (χ0) is 13.7. The van der Waals surface area contributed by atoms with Gasteiger partial charge in [-0.15, -0.1) is 0 Å².